The van der Waals surface area contributed by atoms with E-state index in [1.807, 2.05) is 10.7 Å². The summed E-state index contributed by atoms with van der Waals surface area (Å²) in [6.45, 7) is -2.95. The van der Waals surface area contributed by atoms with Crippen molar-refractivity contribution in [1.29, 1.82) is 0 Å². The van der Waals surface area contributed by atoms with Crippen molar-refractivity contribution in [2.75, 3.05) is 7.11 Å². The third-order valence-electron chi connectivity index (χ3n) is 6.93. The number of rotatable bonds is 8. The molecule has 0 saturated heterocycles. The number of alkyl halides is 2. The van der Waals surface area contributed by atoms with Crippen molar-refractivity contribution in [2.45, 2.75) is 69.7 Å². The molecule has 180 valence electrons. The molecule has 1 unspecified atom stereocenters. The summed E-state index contributed by atoms with van der Waals surface area (Å²) in [5.74, 6) is 1.23. The lowest BCUT2D eigenvalue weighted by Gasteiger charge is -2.31. The van der Waals surface area contributed by atoms with Crippen LogP contribution in [-0.2, 0) is 6.42 Å². The first-order valence-electron chi connectivity index (χ1n) is 11.9. The van der Waals surface area contributed by atoms with Crippen molar-refractivity contribution in [1.82, 2.24) is 25.5 Å². The molecule has 34 heavy (non-hydrogen) atoms. The lowest BCUT2D eigenvalue weighted by Crippen LogP contribution is -2.33. The number of aromatic nitrogens is 4. The van der Waals surface area contributed by atoms with Crippen LogP contribution in [0.1, 0.15) is 79.2 Å². The summed E-state index contributed by atoms with van der Waals surface area (Å²) in [6, 6.07) is 12.9. The molecule has 2 atom stereocenters. The monoisotopic (exact) mass is 469 g/mol. The van der Waals surface area contributed by atoms with E-state index in [1.165, 1.54) is 17.2 Å². The smallest absolute Gasteiger partial charge is 0.387 e. The first-order valence-corrected chi connectivity index (χ1v) is 11.9. The molecular formula is C25H29F2N5O2. The summed E-state index contributed by atoms with van der Waals surface area (Å²) in [4.78, 5) is 0. The summed E-state index contributed by atoms with van der Waals surface area (Å²) >= 11 is 0. The van der Waals surface area contributed by atoms with Crippen LogP contribution < -0.4 is 14.8 Å². The van der Waals surface area contributed by atoms with Gasteiger partial charge >= 0.3 is 6.61 Å². The summed E-state index contributed by atoms with van der Waals surface area (Å²) in [7, 11) is 1.55. The standard InChI is InChI=1S/C25H29F2N5O2/c1-33-18-13-14-22(34-25(26)27)20(15-18)23(24-29-30-31-32(24)17-9-3-4-10-17)28-21-12-6-8-16-7-2-5-11-19(16)21/h2,5,7,11,13-15,17,21,23,25,28H,3-4,6,8-10,12H2,1H3/t21-,23?/m0/s1. The number of hydrogen-bond donors (Lipinski definition) is 1. The molecule has 2 aliphatic rings. The predicted octanol–water partition coefficient (Wildman–Crippen LogP) is 5.15. The SMILES string of the molecule is COc1ccc(OC(F)F)c(C(N[C@H]2CCCc3ccccc32)c2nnnn2C2CCCC2)c1. The number of halogens is 2. The fourth-order valence-electron chi connectivity index (χ4n) is 5.31. The molecule has 7 nitrogen and oxygen atoms in total. The summed E-state index contributed by atoms with van der Waals surface area (Å²) in [5.41, 5.74) is 3.05. The minimum Gasteiger partial charge on any atom is -0.497 e. The van der Waals surface area contributed by atoms with E-state index in [-0.39, 0.29) is 17.8 Å². The Morgan fingerprint density at radius 3 is 2.68 bits per heavy atom. The second kappa shape index (κ2) is 10.0. The highest BCUT2D eigenvalue weighted by Gasteiger charge is 2.33. The maximum atomic E-state index is 13.4. The van der Waals surface area contributed by atoms with Crippen LogP contribution in [0.2, 0.25) is 0 Å². The second-order valence-corrected chi connectivity index (χ2v) is 8.95. The van der Waals surface area contributed by atoms with Crippen molar-refractivity contribution < 1.29 is 18.3 Å². The number of benzene rings is 2. The van der Waals surface area contributed by atoms with Crippen molar-refractivity contribution in [2.24, 2.45) is 0 Å². The van der Waals surface area contributed by atoms with Crippen molar-refractivity contribution >= 4 is 0 Å². The minimum absolute atomic E-state index is 0.0225. The molecule has 2 aromatic carbocycles. The number of hydrogen-bond acceptors (Lipinski definition) is 6. The van der Waals surface area contributed by atoms with Gasteiger partial charge in [0, 0.05) is 11.6 Å². The van der Waals surface area contributed by atoms with E-state index >= 15 is 0 Å². The number of nitrogens with zero attached hydrogens (tertiary/aromatic N) is 4. The Bertz CT molecular complexity index is 1120. The summed E-state index contributed by atoms with van der Waals surface area (Å²) in [5, 5.41) is 16.4. The Kier molecular flexibility index (Phi) is 6.71. The van der Waals surface area contributed by atoms with Gasteiger partial charge in [0.1, 0.15) is 11.5 Å². The Labute approximate surface area is 197 Å². The lowest BCUT2D eigenvalue weighted by molar-refractivity contribution is -0.0507. The molecule has 9 heteroatoms. The van der Waals surface area contributed by atoms with E-state index in [2.05, 4.69) is 39.0 Å². The highest BCUT2D eigenvalue weighted by Crippen LogP contribution is 2.39. The number of aryl methyl sites for hydroxylation is 1. The van der Waals surface area contributed by atoms with E-state index < -0.39 is 12.7 Å². The molecule has 1 fully saturated rings. The Hall–Kier alpha value is -3.07. The van der Waals surface area contributed by atoms with Crippen LogP contribution >= 0.6 is 0 Å². The third-order valence-corrected chi connectivity index (χ3v) is 6.93. The van der Waals surface area contributed by atoms with Crippen LogP contribution in [0.5, 0.6) is 11.5 Å². The molecular weight excluding hydrogens is 440 g/mol. The first kappa shape index (κ1) is 22.7. The molecule has 0 bridgehead atoms. The van der Waals surface area contributed by atoms with Crippen molar-refractivity contribution in [3.05, 3.63) is 65.0 Å². The molecule has 0 radical (unpaired) electrons. The number of fused-ring (bicyclic) bond motifs is 1. The Balaban J connectivity index is 1.60. The van der Waals surface area contributed by atoms with Gasteiger partial charge in [-0.3, -0.25) is 5.32 Å². The zero-order chi connectivity index (χ0) is 23.5. The first-order chi connectivity index (χ1) is 16.6. The van der Waals surface area contributed by atoms with E-state index in [9.17, 15) is 8.78 Å². The predicted molar refractivity (Wildman–Crippen MR) is 122 cm³/mol. The Morgan fingerprint density at radius 1 is 1.06 bits per heavy atom. The molecule has 1 heterocycles. The molecule has 1 aromatic heterocycles. The number of tetrazole rings is 1. The minimum atomic E-state index is -2.95. The second-order valence-electron chi connectivity index (χ2n) is 8.95. The molecule has 3 aromatic rings. The van der Waals surface area contributed by atoms with Gasteiger partial charge in [0.2, 0.25) is 0 Å². The van der Waals surface area contributed by atoms with Gasteiger partial charge in [0.25, 0.3) is 0 Å². The van der Waals surface area contributed by atoms with E-state index in [4.69, 9.17) is 9.47 Å². The molecule has 5 rings (SSSR count). The average Bonchev–Trinajstić information content (AvgIpc) is 3.55. The van der Waals surface area contributed by atoms with Crippen LogP contribution in [0.25, 0.3) is 0 Å². The summed E-state index contributed by atoms with van der Waals surface area (Å²) < 4.78 is 38.9. The largest absolute Gasteiger partial charge is 0.497 e. The van der Waals surface area contributed by atoms with Crippen molar-refractivity contribution in [3.8, 4) is 11.5 Å². The van der Waals surface area contributed by atoms with E-state index in [1.54, 1.807) is 19.2 Å². The fourth-order valence-corrected chi connectivity index (χ4v) is 5.31. The van der Waals surface area contributed by atoms with Crippen LogP contribution in [-0.4, -0.2) is 33.9 Å². The topological polar surface area (TPSA) is 74.1 Å². The van der Waals surface area contributed by atoms with Crippen LogP contribution in [0.4, 0.5) is 8.78 Å². The lowest BCUT2D eigenvalue weighted by atomic mass is 9.87. The van der Waals surface area contributed by atoms with Gasteiger partial charge < -0.3 is 9.47 Å². The number of nitrogens with one attached hydrogen (secondary N) is 1. The normalized spacial score (nSPS) is 19.2. The highest BCUT2D eigenvalue weighted by atomic mass is 19.3. The van der Waals surface area contributed by atoms with E-state index in [0.29, 0.717) is 17.1 Å². The van der Waals surface area contributed by atoms with Crippen LogP contribution in [0.3, 0.4) is 0 Å². The maximum Gasteiger partial charge on any atom is 0.387 e. The van der Waals surface area contributed by atoms with Gasteiger partial charge in [0.15, 0.2) is 5.82 Å². The average molecular weight is 470 g/mol. The van der Waals surface area contributed by atoms with Gasteiger partial charge in [-0.15, -0.1) is 5.10 Å². The van der Waals surface area contributed by atoms with Gasteiger partial charge in [-0.2, -0.15) is 8.78 Å². The number of methoxy groups -OCH3 is 1. The molecule has 0 amide bonds. The maximum absolute atomic E-state index is 13.4. The van der Waals surface area contributed by atoms with E-state index in [0.717, 1.165) is 44.9 Å². The third kappa shape index (κ3) is 4.61. The zero-order valence-corrected chi connectivity index (χ0v) is 19.2. The molecule has 0 spiro atoms. The quantitative estimate of drug-likeness (QED) is 0.492. The number of ether oxygens (including phenoxy) is 2. The molecule has 1 saturated carbocycles. The Morgan fingerprint density at radius 2 is 1.88 bits per heavy atom. The fraction of sp³-hybridized carbons (Fsp3) is 0.480. The summed E-state index contributed by atoms with van der Waals surface area (Å²) in [6.07, 6.45) is 7.22. The highest BCUT2D eigenvalue weighted by molar-refractivity contribution is 5.45. The van der Waals surface area contributed by atoms with Crippen LogP contribution in [0, 0.1) is 0 Å². The van der Waals surface area contributed by atoms with Gasteiger partial charge in [-0.1, -0.05) is 37.1 Å². The van der Waals surface area contributed by atoms with Crippen molar-refractivity contribution in [3.63, 3.8) is 0 Å². The van der Waals surface area contributed by atoms with Gasteiger partial charge in [0.05, 0.1) is 19.2 Å². The van der Waals surface area contributed by atoms with Gasteiger partial charge in [-0.25, -0.2) is 4.68 Å². The van der Waals surface area contributed by atoms with Crippen LogP contribution in [0.15, 0.2) is 42.5 Å². The molecule has 0 aliphatic heterocycles. The molecule has 2 aliphatic carbocycles. The van der Waals surface area contributed by atoms with Gasteiger partial charge in [-0.05, 0) is 71.9 Å². The molecule has 1 N–H and O–H groups in total. The zero-order valence-electron chi connectivity index (χ0n) is 19.2.